The number of fused-ring (bicyclic) bond motifs is 1. The summed E-state index contributed by atoms with van der Waals surface area (Å²) in [6.45, 7) is 2.08. The number of halogens is 1. The second kappa shape index (κ2) is 4.49. The van der Waals surface area contributed by atoms with Crippen LogP contribution in [0.3, 0.4) is 0 Å². The highest BCUT2D eigenvalue weighted by Gasteiger charge is 2.16. The van der Waals surface area contributed by atoms with Gasteiger partial charge in [0.05, 0.1) is 0 Å². The molecule has 17 heavy (non-hydrogen) atoms. The minimum Gasteiger partial charge on any atom is -0.341 e. The molecule has 0 bridgehead atoms. The van der Waals surface area contributed by atoms with Crippen LogP contribution in [0.4, 0.5) is 5.95 Å². The number of anilines is 1. The van der Waals surface area contributed by atoms with Crippen molar-refractivity contribution in [3.05, 3.63) is 17.5 Å². The highest BCUT2D eigenvalue weighted by molar-refractivity contribution is 6.32. The van der Waals surface area contributed by atoms with Crippen molar-refractivity contribution in [2.24, 2.45) is 0 Å². The zero-order valence-corrected chi connectivity index (χ0v) is 10.3. The molecule has 0 N–H and O–H groups in total. The van der Waals surface area contributed by atoms with Gasteiger partial charge in [-0.1, -0.05) is 24.4 Å². The van der Waals surface area contributed by atoms with Crippen molar-refractivity contribution in [3.8, 4) is 0 Å². The van der Waals surface area contributed by atoms with Gasteiger partial charge >= 0.3 is 0 Å². The molecule has 1 fully saturated rings. The van der Waals surface area contributed by atoms with Gasteiger partial charge < -0.3 is 4.90 Å². The first-order chi connectivity index (χ1) is 8.36. The molecule has 2 aromatic rings. The lowest BCUT2D eigenvalue weighted by atomic mass is 10.2. The molecule has 1 saturated heterocycles. The maximum Gasteiger partial charge on any atom is 0.231 e. The summed E-state index contributed by atoms with van der Waals surface area (Å²) >= 11 is 5.99. The van der Waals surface area contributed by atoms with Crippen LogP contribution in [0.2, 0.25) is 5.15 Å². The third kappa shape index (κ3) is 1.95. The summed E-state index contributed by atoms with van der Waals surface area (Å²) in [5.74, 6) is 0.881. The van der Waals surface area contributed by atoms with Crippen molar-refractivity contribution in [1.29, 1.82) is 0 Å². The van der Waals surface area contributed by atoms with Crippen molar-refractivity contribution in [1.82, 2.24) is 19.6 Å². The first-order valence-electron chi connectivity index (χ1n) is 5.96. The number of hydrogen-bond acceptors (Lipinski definition) is 4. The van der Waals surface area contributed by atoms with Crippen molar-refractivity contribution in [3.63, 3.8) is 0 Å². The first-order valence-corrected chi connectivity index (χ1v) is 6.34. The predicted octanol–water partition coefficient (Wildman–Crippen LogP) is 2.16. The molecule has 1 aliphatic heterocycles. The summed E-state index contributed by atoms with van der Waals surface area (Å²) in [6.07, 6.45) is 8.58. The minimum atomic E-state index is 0.404. The van der Waals surface area contributed by atoms with Gasteiger partial charge in [0.2, 0.25) is 5.95 Å². The Bertz CT molecular complexity index is 516. The van der Waals surface area contributed by atoms with E-state index in [-0.39, 0.29) is 0 Å². The topological polar surface area (TPSA) is 46.3 Å². The molecule has 0 aliphatic carbocycles. The Kier molecular flexibility index (Phi) is 2.84. The molecule has 0 spiro atoms. The second-order valence-corrected chi connectivity index (χ2v) is 4.67. The lowest BCUT2D eigenvalue weighted by Gasteiger charge is -2.19. The third-order valence-corrected chi connectivity index (χ3v) is 3.42. The standard InChI is InChI=1S/C11H14ClN5/c12-9-10-14-15-11(17(10)8-5-13-9)16-6-3-1-2-4-7-16/h5,8H,1-4,6-7H2. The van der Waals surface area contributed by atoms with Crippen LogP contribution in [0.25, 0.3) is 5.65 Å². The van der Waals surface area contributed by atoms with Crippen molar-refractivity contribution in [2.45, 2.75) is 25.7 Å². The van der Waals surface area contributed by atoms with Gasteiger partial charge in [-0.05, 0) is 12.8 Å². The van der Waals surface area contributed by atoms with E-state index >= 15 is 0 Å². The SMILES string of the molecule is Clc1nccn2c(N3CCCCCC3)nnc12. The molecular formula is C11H14ClN5. The van der Waals surface area contributed by atoms with E-state index in [1.807, 2.05) is 10.6 Å². The molecule has 6 heteroatoms. The van der Waals surface area contributed by atoms with Gasteiger partial charge in [-0.15, -0.1) is 10.2 Å². The molecule has 3 rings (SSSR count). The summed E-state index contributed by atoms with van der Waals surface area (Å²) in [5, 5.41) is 8.74. The fourth-order valence-corrected chi connectivity index (χ4v) is 2.46. The van der Waals surface area contributed by atoms with Gasteiger partial charge in [-0.2, -0.15) is 0 Å². The highest BCUT2D eigenvalue weighted by atomic mass is 35.5. The molecule has 0 radical (unpaired) electrons. The summed E-state index contributed by atoms with van der Waals surface area (Å²) in [7, 11) is 0. The van der Waals surface area contributed by atoms with Gasteiger partial charge in [0.15, 0.2) is 10.8 Å². The van der Waals surface area contributed by atoms with Crippen LogP contribution in [0.5, 0.6) is 0 Å². The maximum atomic E-state index is 5.99. The average Bonchev–Trinajstić information content (AvgIpc) is 2.59. The van der Waals surface area contributed by atoms with Gasteiger partial charge in [0.1, 0.15) is 0 Å². The molecule has 0 aromatic carbocycles. The second-order valence-electron chi connectivity index (χ2n) is 4.31. The zero-order valence-electron chi connectivity index (χ0n) is 9.51. The van der Waals surface area contributed by atoms with E-state index in [1.165, 1.54) is 25.7 Å². The fourth-order valence-electron chi connectivity index (χ4n) is 2.27. The summed E-state index contributed by atoms with van der Waals surface area (Å²) in [5.41, 5.74) is 0.633. The predicted molar refractivity (Wildman–Crippen MR) is 66.5 cm³/mol. The summed E-state index contributed by atoms with van der Waals surface area (Å²) in [4.78, 5) is 6.29. The Hall–Kier alpha value is -1.36. The number of hydrogen-bond donors (Lipinski definition) is 0. The molecule has 0 amide bonds. The smallest absolute Gasteiger partial charge is 0.231 e. The van der Waals surface area contributed by atoms with Crippen LogP contribution in [-0.4, -0.2) is 32.7 Å². The largest absolute Gasteiger partial charge is 0.341 e. The Morgan fingerprint density at radius 2 is 1.82 bits per heavy atom. The molecule has 0 saturated carbocycles. The molecule has 0 atom stereocenters. The summed E-state index contributed by atoms with van der Waals surface area (Å²) < 4.78 is 1.92. The Morgan fingerprint density at radius 3 is 2.59 bits per heavy atom. The van der Waals surface area contributed by atoms with Crippen LogP contribution in [0.15, 0.2) is 12.4 Å². The molecule has 2 aromatic heterocycles. The normalized spacial score (nSPS) is 17.4. The molecule has 3 heterocycles. The van der Waals surface area contributed by atoms with Crippen LogP contribution in [0.1, 0.15) is 25.7 Å². The van der Waals surface area contributed by atoms with Crippen LogP contribution < -0.4 is 4.90 Å². The van der Waals surface area contributed by atoms with Crippen LogP contribution >= 0.6 is 11.6 Å². The average molecular weight is 252 g/mol. The summed E-state index contributed by atoms with van der Waals surface area (Å²) in [6, 6.07) is 0. The number of aromatic nitrogens is 4. The van der Waals surface area contributed by atoms with E-state index in [0.717, 1.165) is 19.0 Å². The Balaban J connectivity index is 2.02. The zero-order chi connectivity index (χ0) is 11.7. The highest BCUT2D eigenvalue weighted by Crippen LogP contribution is 2.20. The third-order valence-electron chi connectivity index (χ3n) is 3.15. The van der Waals surface area contributed by atoms with Crippen molar-refractivity contribution >= 4 is 23.2 Å². The Labute approximate surface area is 104 Å². The molecule has 1 aliphatic rings. The van der Waals surface area contributed by atoms with E-state index in [9.17, 15) is 0 Å². The minimum absolute atomic E-state index is 0.404. The van der Waals surface area contributed by atoms with E-state index in [2.05, 4.69) is 20.1 Å². The molecular weight excluding hydrogens is 238 g/mol. The van der Waals surface area contributed by atoms with Crippen LogP contribution in [-0.2, 0) is 0 Å². The maximum absolute atomic E-state index is 5.99. The Morgan fingerprint density at radius 1 is 1.06 bits per heavy atom. The fraction of sp³-hybridized carbons (Fsp3) is 0.545. The lowest BCUT2D eigenvalue weighted by molar-refractivity contribution is 0.726. The van der Waals surface area contributed by atoms with Gasteiger partial charge in [-0.3, -0.25) is 4.40 Å². The first kappa shape index (κ1) is 10.8. The molecule has 5 nitrogen and oxygen atoms in total. The van der Waals surface area contributed by atoms with Gasteiger partial charge in [0, 0.05) is 25.5 Å². The monoisotopic (exact) mass is 251 g/mol. The van der Waals surface area contributed by atoms with Crippen LogP contribution in [0, 0.1) is 0 Å². The quantitative estimate of drug-likeness (QED) is 0.779. The molecule has 0 unspecified atom stereocenters. The van der Waals surface area contributed by atoms with E-state index < -0.39 is 0 Å². The number of rotatable bonds is 1. The van der Waals surface area contributed by atoms with E-state index in [4.69, 9.17) is 11.6 Å². The number of nitrogens with zero attached hydrogens (tertiary/aromatic N) is 5. The molecule has 90 valence electrons. The lowest BCUT2D eigenvalue weighted by Crippen LogP contribution is -2.26. The van der Waals surface area contributed by atoms with Crippen molar-refractivity contribution in [2.75, 3.05) is 18.0 Å². The van der Waals surface area contributed by atoms with E-state index in [1.54, 1.807) is 6.20 Å². The van der Waals surface area contributed by atoms with E-state index in [0.29, 0.717) is 10.8 Å². The van der Waals surface area contributed by atoms with Crippen molar-refractivity contribution < 1.29 is 0 Å². The van der Waals surface area contributed by atoms with Gasteiger partial charge in [0.25, 0.3) is 0 Å². The van der Waals surface area contributed by atoms with Gasteiger partial charge in [-0.25, -0.2) is 4.98 Å².